The summed E-state index contributed by atoms with van der Waals surface area (Å²) in [7, 11) is 0. The number of H-pyrrole nitrogens is 1. The number of thiophene rings is 1. The molecule has 0 bridgehead atoms. The van der Waals surface area contributed by atoms with Crippen LogP contribution < -0.4 is 0 Å². The molecule has 0 aliphatic heterocycles. The summed E-state index contributed by atoms with van der Waals surface area (Å²) in [4.78, 5) is 5.25. The van der Waals surface area contributed by atoms with Gasteiger partial charge in [0.15, 0.2) is 0 Å². The molecule has 2 aromatic rings. The Morgan fingerprint density at radius 2 is 2.50 bits per heavy atom. The second-order valence-corrected chi connectivity index (χ2v) is 3.07. The Hall–Kier alpha value is -1.20. The quantitative estimate of drug-likeness (QED) is 0.550. The van der Waals surface area contributed by atoms with Crippen LogP contribution in [0.2, 0.25) is 0 Å². The van der Waals surface area contributed by atoms with Crippen molar-refractivity contribution in [2.45, 2.75) is 0 Å². The predicted molar refractivity (Wildman–Crippen MR) is 44.1 cm³/mol. The van der Waals surface area contributed by atoms with Crippen molar-refractivity contribution >= 4 is 21.6 Å². The highest BCUT2D eigenvalue weighted by molar-refractivity contribution is 7.19. The van der Waals surface area contributed by atoms with Gasteiger partial charge in [-0.05, 0) is 12.1 Å². The maximum Gasteiger partial charge on any atom is 0.101 e. The Morgan fingerprint density at radius 1 is 1.60 bits per heavy atom. The van der Waals surface area contributed by atoms with Crippen LogP contribution in [0.5, 0.6) is 0 Å². The van der Waals surface area contributed by atoms with Crippen LogP contribution >= 0.6 is 11.3 Å². The van der Waals surface area contributed by atoms with Crippen molar-refractivity contribution in [2.24, 2.45) is 0 Å². The fourth-order valence-corrected chi connectivity index (χ4v) is 1.76. The van der Waals surface area contributed by atoms with Gasteiger partial charge in [-0.1, -0.05) is 5.92 Å². The number of hydrogen-bond acceptors (Lipinski definition) is 1. The molecule has 2 rings (SSSR count). The van der Waals surface area contributed by atoms with Gasteiger partial charge in [-0.3, -0.25) is 0 Å². The highest BCUT2D eigenvalue weighted by atomic mass is 32.1. The minimum Gasteiger partial charge on any atom is -0.353 e. The van der Waals surface area contributed by atoms with E-state index in [9.17, 15) is 0 Å². The molecule has 0 radical (unpaired) electrons. The summed E-state index contributed by atoms with van der Waals surface area (Å²) >= 11 is 1.61. The maximum absolute atomic E-state index is 5.22. The SMILES string of the molecule is C#Cc1cc2cc[nH]c2s1. The normalized spacial score (nSPS) is 9.90. The fourth-order valence-electron chi connectivity index (χ4n) is 0.920. The van der Waals surface area contributed by atoms with E-state index < -0.39 is 0 Å². The molecule has 0 saturated carbocycles. The Labute approximate surface area is 62.7 Å². The van der Waals surface area contributed by atoms with Crippen LogP contribution in [0.3, 0.4) is 0 Å². The Morgan fingerprint density at radius 3 is 3.20 bits per heavy atom. The molecule has 0 aliphatic rings. The monoisotopic (exact) mass is 147 g/mol. The second kappa shape index (κ2) is 1.89. The predicted octanol–water partition coefficient (Wildman–Crippen LogP) is 2.21. The summed E-state index contributed by atoms with van der Waals surface area (Å²) in [5.41, 5.74) is 0. The van der Waals surface area contributed by atoms with Crippen LogP contribution in [0.4, 0.5) is 0 Å². The lowest BCUT2D eigenvalue weighted by atomic mass is 10.4. The largest absolute Gasteiger partial charge is 0.353 e. The Balaban J connectivity index is 2.81. The molecular weight excluding hydrogens is 142 g/mol. The highest BCUT2D eigenvalue weighted by Gasteiger charge is 1.97. The van der Waals surface area contributed by atoms with Gasteiger partial charge in [0.25, 0.3) is 0 Å². The van der Waals surface area contributed by atoms with Gasteiger partial charge in [-0.15, -0.1) is 17.8 Å². The van der Waals surface area contributed by atoms with Crippen LogP contribution in [0.25, 0.3) is 10.2 Å². The molecule has 0 fully saturated rings. The summed E-state index contributed by atoms with van der Waals surface area (Å²) in [6.07, 6.45) is 7.14. The average molecular weight is 147 g/mol. The van der Waals surface area contributed by atoms with Crippen LogP contribution in [0, 0.1) is 12.3 Å². The highest BCUT2D eigenvalue weighted by Crippen LogP contribution is 2.22. The molecule has 1 N–H and O–H groups in total. The smallest absolute Gasteiger partial charge is 0.101 e. The lowest BCUT2D eigenvalue weighted by molar-refractivity contribution is 1.51. The summed E-state index contributed by atoms with van der Waals surface area (Å²) < 4.78 is 0. The molecule has 0 saturated heterocycles. The van der Waals surface area contributed by atoms with Gasteiger partial charge in [-0.25, -0.2) is 0 Å². The van der Waals surface area contributed by atoms with E-state index in [1.165, 1.54) is 5.39 Å². The van der Waals surface area contributed by atoms with Crippen molar-refractivity contribution in [1.29, 1.82) is 0 Å². The van der Waals surface area contributed by atoms with Gasteiger partial charge >= 0.3 is 0 Å². The van der Waals surface area contributed by atoms with E-state index in [2.05, 4.69) is 10.9 Å². The zero-order chi connectivity index (χ0) is 6.97. The number of rotatable bonds is 0. The first-order valence-electron chi connectivity index (χ1n) is 2.93. The average Bonchev–Trinajstić information content (AvgIpc) is 2.42. The van der Waals surface area contributed by atoms with Crippen molar-refractivity contribution in [3.63, 3.8) is 0 Å². The third-order valence-corrected chi connectivity index (χ3v) is 2.39. The van der Waals surface area contributed by atoms with Gasteiger partial charge in [0.1, 0.15) is 4.83 Å². The van der Waals surface area contributed by atoms with E-state index in [0.717, 1.165) is 9.71 Å². The molecule has 0 atom stereocenters. The van der Waals surface area contributed by atoms with Crippen molar-refractivity contribution in [2.75, 3.05) is 0 Å². The van der Waals surface area contributed by atoms with E-state index in [0.29, 0.717) is 0 Å². The molecule has 2 heterocycles. The molecule has 10 heavy (non-hydrogen) atoms. The van der Waals surface area contributed by atoms with E-state index in [4.69, 9.17) is 6.42 Å². The number of terminal acetylenes is 1. The van der Waals surface area contributed by atoms with Gasteiger partial charge in [0.2, 0.25) is 0 Å². The minimum atomic E-state index is 0.988. The third-order valence-electron chi connectivity index (χ3n) is 1.38. The number of aromatic amines is 1. The molecule has 48 valence electrons. The zero-order valence-corrected chi connectivity index (χ0v) is 6.03. The topological polar surface area (TPSA) is 15.8 Å². The molecule has 1 nitrogen and oxygen atoms in total. The van der Waals surface area contributed by atoms with E-state index in [1.807, 2.05) is 18.3 Å². The first-order chi connectivity index (χ1) is 4.90. The van der Waals surface area contributed by atoms with Gasteiger partial charge < -0.3 is 4.98 Å². The lowest BCUT2D eigenvalue weighted by Crippen LogP contribution is -1.53. The molecule has 2 aromatic heterocycles. The number of aromatic nitrogens is 1. The molecule has 0 aliphatic carbocycles. The molecule has 0 unspecified atom stereocenters. The Bertz CT molecular complexity index is 360. The van der Waals surface area contributed by atoms with Crippen LogP contribution in [-0.4, -0.2) is 4.98 Å². The molecule has 0 aromatic carbocycles. The fraction of sp³-hybridized carbons (Fsp3) is 0. The maximum atomic E-state index is 5.22. The van der Waals surface area contributed by atoms with Crippen molar-refractivity contribution in [3.05, 3.63) is 23.2 Å². The first kappa shape index (κ1) is 5.57. The van der Waals surface area contributed by atoms with Crippen LogP contribution in [0.15, 0.2) is 18.3 Å². The summed E-state index contributed by atoms with van der Waals surface area (Å²) in [6.45, 7) is 0. The van der Waals surface area contributed by atoms with Crippen LogP contribution in [-0.2, 0) is 0 Å². The molecule has 0 spiro atoms. The van der Waals surface area contributed by atoms with Crippen molar-refractivity contribution in [1.82, 2.24) is 4.98 Å². The third kappa shape index (κ3) is 0.647. The molecule has 0 amide bonds. The van der Waals surface area contributed by atoms with E-state index in [1.54, 1.807) is 11.3 Å². The summed E-state index contributed by atoms with van der Waals surface area (Å²) in [5, 5.41) is 1.21. The lowest BCUT2D eigenvalue weighted by Gasteiger charge is -1.71. The second-order valence-electron chi connectivity index (χ2n) is 2.02. The number of fused-ring (bicyclic) bond motifs is 1. The molecule has 2 heteroatoms. The van der Waals surface area contributed by atoms with Gasteiger partial charge in [0.05, 0.1) is 4.88 Å². The zero-order valence-electron chi connectivity index (χ0n) is 5.22. The van der Waals surface area contributed by atoms with Gasteiger partial charge in [-0.2, -0.15) is 0 Å². The van der Waals surface area contributed by atoms with Crippen LogP contribution in [0.1, 0.15) is 4.88 Å². The van der Waals surface area contributed by atoms with E-state index >= 15 is 0 Å². The van der Waals surface area contributed by atoms with Gasteiger partial charge in [0, 0.05) is 11.6 Å². The number of nitrogens with one attached hydrogen (secondary N) is 1. The van der Waals surface area contributed by atoms with E-state index in [-0.39, 0.29) is 0 Å². The minimum absolute atomic E-state index is 0.988. The first-order valence-corrected chi connectivity index (χ1v) is 3.75. The standard InChI is InChI=1S/C8H5NS/c1-2-7-5-6-3-4-9-8(6)10-7/h1,3-5,9H. The summed E-state index contributed by atoms with van der Waals surface area (Å²) in [5.74, 6) is 2.60. The molecular formula is C8H5NS. The summed E-state index contributed by atoms with van der Waals surface area (Å²) in [6, 6.07) is 4.03. The number of hydrogen-bond donors (Lipinski definition) is 1. The Kier molecular flexibility index (Phi) is 1.06. The van der Waals surface area contributed by atoms with Crippen molar-refractivity contribution in [3.8, 4) is 12.3 Å². The van der Waals surface area contributed by atoms with Crippen molar-refractivity contribution < 1.29 is 0 Å².